The maximum Gasteiger partial charge on any atom is 0.408 e. The molecule has 0 radical (unpaired) electrons. The monoisotopic (exact) mass is 1170 g/mol. The number of nitrogens with two attached hydrogens (primary N) is 1. The number of nitrogens with zero attached hydrogens (tertiary/aromatic N) is 2. The maximum absolute atomic E-state index is 14.5. The number of ether oxygens (including phenoxy) is 4. The van der Waals surface area contributed by atoms with Crippen LogP contribution in [0.25, 0.3) is 0 Å². The van der Waals surface area contributed by atoms with Gasteiger partial charge in [-0.15, -0.1) is 38.7 Å². The molecule has 4 rings (SSSR count). The number of rotatable bonds is 26. The smallest absolute Gasteiger partial charge is 0.408 e. The van der Waals surface area contributed by atoms with Crippen molar-refractivity contribution in [3.8, 4) is 0 Å². The van der Waals surface area contributed by atoms with Crippen molar-refractivity contribution in [3.63, 3.8) is 0 Å². The predicted molar refractivity (Wildman–Crippen MR) is 290 cm³/mol. The van der Waals surface area contributed by atoms with E-state index in [0.717, 1.165) is 4.90 Å². The standard InChI is InChI=1S/C28H42F2N2O7.C15H24N2O6.C12H19F2NO2.ClH/c1-7-10-12-28(29,30)15-18-14-27(18,24(36)38-9-3)16-22(34)21-13-19(33)17-32(21)23(35)20(11-8-2)31-25(37)39-26(4,5)6;1-5-6-10(16-14(22)23-15(2,3)4)12(19)17-8-9(18)7-11(17)13(20)21;1-3-5-6-11(13,14)7-9-8-12(9,15)10(16)17-4-2;/h7-8,18-21,33H,1-2,9-17H2,3-6H3,(H,31,37);5,9-11,18H,1,6-8H2,2-4H3,(H,16,22)(H,20,21);3,9H,1,4-8,15H2,2H3;1H/t18-,19+,20-,21-,27+;9-,10+,11+;9-,12-;/m011./s1. The Balaban J connectivity index is 0.000000660. The van der Waals surface area contributed by atoms with Crippen molar-refractivity contribution >= 4 is 60.1 Å². The van der Waals surface area contributed by atoms with Gasteiger partial charge in [0.05, 0.1) is 36.9 Å². The molecule has 2 aliphatic heterocycles. The summed E-state index contributed by atoms with van der Waals surface area (Å²) in [5.41, 5.74) is 1.61. The average Bonchev–Trinajstić information content (AvgIpc) is 4.04. The van der Waals surface area contributed by atoms with Gasteiger partial charge in [0.15, 0.2) is 5.78 Å². The number of carboxylic acids is 1. The number of ketones is 1. The molecule has 0 aromatic rings. The first kappa shape index (κ1) is 72.4. The lowest BCUT2D eigenvalue weighted by atomic mass is 9.90. The molecule has 4 amide bonds. The number of nitrogens with one attached hydrogen (secondary N) is 2. The molecule has 10 atom stereocenters. The molecule has 7 N–H and O–H groups in total. The van der Waals surface area contributed by atoms with E-state index < -0.39 is 143 Å². The second kappa shape index (κ2) is 31.0. The number of aliphatic hydroxyl groups is 2. The maximum atomic E-state index is 14.5. The minimum Gasteiger partial charge on any atom is -0.480 e. The fourth-order valence-electron chi connectivity index (χ4n) is 9.29. The predicted octanol–water partition coefficient (Wildman–Crippen LogP) is 7.12. The quantitative estimate of drug-likeness (QED) is 0.0217. The first-order valence-electron chi connectivity index (χ1n) is 26.5. The number of amides is 4. The molecule has 0 aromatic carbocycles. The fourth-order valence-corrected chi connectivity index (χ4v) is 9.29. The second-order valence-electron chi connectivity index (χ2n) is 22.4. The molecule has 2 heterocycles. The molecule has 0 spiro atoms. The Bertz CT molecular complexity index is 2190. The van der Waals surface area contributed by atoms with Crippen LogP contribution in [0.15, 0.2) is 50.6 Å². The molecular weight excluding hydrogens is 1080 g/mol. The summed E-state index contributed by atoms with van der Waals surface area (Å²) >= 11 is 0. The van der Waals surface area contributed by atoms with Crippen LogP contribution in [0.4, 0.5) is 27.2 Å². The highest BCUT2D eigenvalue weighted by molar-refractivity contribution is 5.96. The van der Waals surface area contributed by atoms with Gasteiger partial charge in [-0.25, -0.2) is 31.9 Å². The Hall–Kier alpha value is -5.59. The summed E-state index contributed by atoms with van der Waals surface area (Å²) < 4.78 is 76.1. The van der Waals surface area contributed by atoms with Crippen molar-refractivity contribution in [2.75, 3.05) is 26.3 Å². The summed E-state index contributed by atoms with van der Waals surface area (Å²) in [6, 6.07) is -4.29. The number of halogens is 5. The third-order valence-corrected chi connectivity index (χ3v) is 13.3. The molecule has 20 nitrogen and oxygen atoms in total. The SMILES string of the molecule is C=CCCC(F)(F)C[C@@H]1C[C@]1(CC(=O)[C@@H]1C[C@@H](O)CN1C(=O)[C@H](CC=C)NC(=O)OC(C)(C)C)C(=O)OCC.C=CCCC(F)(F)C[C@@H]1C[C@]1(N)C(=O)OCC.C=CC[C@H](NC(=O)OC(C)(C)C)C(=O)N1C[C@H](O)C[C@H]1C(=O)O.Cl. The molecule has 2 aliphatic carbocycles. The molecule has 456 valence electrons. The molecule has 0 unspecified atom stereocenters. The van der Waals surface area contributed by atoms with Gasteiger partial charge in [-0.05, 0) is 106 Å². The summed E-state index contributed by atoms with van der Waals surface area (Å²) in [6.45, 7) is 27.4. The number of β-amino-alcohol motifs (C(OH)–C–C–N with tert-alkyl or cyclic N) is 2. The van der Waals surface area contributed by atoms with Crippen molar-refractivity contribution in [2.24, 2.45) is 23.0 Å². The summed E-state index contributed by atoms with van der Waals surface area (Å²) in [7, 11) is 0. The third-order valence-electron chi connectivity index (χ3n) is 13.3. The van der Waals surface area contributed by atoms with Gasteiger partial charge in [-0.2, -0.15) is 0 Å². The van der Waals surface area contributed by atoms with Crippen LogP contribution >= 0.6 is 12.4 Å². The highest BCUT2D eigenvalue weighted by atomic mass is 35.5. The first-order valence-corrected chi connectivity index (χ1v) is 26.5. The number of carbonyl (C=O) groups excluding carboxylic acids is 7. The van der Waals surface area contributed by atoms with Crippen LogP contribution in [-0.2, 0) is 47.7 Å². The number of carboxylic acid groups (broad SMARTS) is 1. The number of alkyl carbamates (subject to hydrolysis) is 2. The Morgan fingerprint density at radius 3 is 1.45 bits per heavy atom. The summed E-state index contributed by atoms with van der Waals surface area (Å²) in [4.78, 5) is 101. The van der Waals surface area contributed by atoms with Gasteiger partial charge in [-0.3, -0.25) is 24.0 Å². The number of hydrogen-bond donors (Lipinski definition) is 6. The van der Waals surface area contributed by atoms with Crippen LogP contribution in [-0.4, -0.2) is 164 Å². The minimum atomic E-state index is -3.03. The van der Waals surface area contributed by atoms with Gasteiger partial charge in [0.2, 0.25) is 23.7 Å². The van der Waals surface area contributed by atoms with E-state index in [0.29, 0.717) is 0 Å². The normalized spacial score (nSPS) is 24.7. The highest BCUT2D eigenvalue weighted by Crippen LogP contribution is 2.61. The highest BCUT2D eigenvalue weighted by Gasteiger charge is 2.65. The van der Waals surface area contributed by atoms with Gasteiger partial charge in [-0.1, -0.05) is 24.3 Å². The largest absolute Gasteiger partial charge is 0.480 e. The number of alkyl halides is 4. The van der Waals surface area contributed by atoms with E-state index in [4.69, 9.17) is 29.8 Å². The van der Waals surface area contributed by atoms with Crippen LogP contribution in [0.3, 0.4) is 0 Å². The van der Waals surface area contributed by atoms with Gasteiger partial charge < -0.3 is 60.4 Å². The molecule has 0 bridgehead atoms. The molecule has 2 saturated heterocycles. The molecule has 2 saturated carbocycles. The van der Waals surface area contributed by atoms with E-state index in [-0.39, 0.29) is 109 Å². The zero-order valence-electron chi connectivity index (χ0n) is 47.4. The summed E-state index contributed by atoms with van der Waals surface area (Å²) in [6.07, 6.45) is 1.07. The van der Waals surface area contributed by atoms with Crippen LogP contribution in [0.5, 0.6) is 0 Å². The molecule has 80 heavy (non-hydrogen) atoms. The van der Waals surface area contributed by atoms with Gasteiger partial charge in [0, 0.05) is 58.0 Å². The molecular formula is C55H86ClF4N5O15. The zero-order valence-corrected chi connectivity index (χ0v) is 48.2. The van der Waals surface area contributed by atoms with Gasteiger partial charge in [0.1, 0.15) is 34.9 Å². The number of aliphatic hydroxyl groups excluding tert-OH is 2. The van der Waals surface area contributed by atoms with Crippen molar-refractivity contribution in [2.45, 2.75) is 204 Å². The third kappa shape index (κ3) is 22.7. The Labute approximate surface area is 473 Å². The number of hydrogen-bond acceptors (Lipinski definition) is 15. The van der Waals surface area contributed by atoms with E-state index in [1.165, 1.54) is 29.2 Å². The van der Waals surface area contributed by atoms with Gasteiger partial charge >= 0.3 is 30.1 Å². The van der Waals surface area contributed by atoms with E-state index in [9.17, 15) is 66.1 Å². The van der Waals surface area contributed by atoms with Crippen molar-refractivity contribution in [1.82, 2.24) is 20.4 Å². The van der Waals surface area contributed by atoms with Crippen molar-refractivity contribution in [1.29, 1.82) is 0 Å². The number of likely N-dealkylation sites (tertiary alicyclic amines) is 2. The Morgan fingerprint density at radius 1 is 0.662 bits per heavy atom. The minimum absolute atomic E-state index is 0. The summed E-state index contributed by atoms with van der Waals surface area (Å²) in [5, 5.41) is 34.0. The van der Waals surface area contributed by atoms with Crippen LogP contribution < -0.4 is 16.4 Å². The molecule has 25 heteroatoms. The van der Waals surface area contributed by atoms with Crippen LogP contribution in [0.2, 0.25) is 0 Å². The van der Waals surface area contributed by atoms with E-state index in [2.05, 4.69) is 36.9 Å². The van der Waals surface area contributed by atoms with E-state index in [1.807, 2.05) is 0 Å². The second-order valence-corrected chi connectivity index (χ2v) is 22.4. The van der Waals surface area contributed by atoms with E-state index in [1.54, 1.807) is 55.4 Å². The lowest BCUT2D eigenvalue weighted by molar-refractivity contribution is -0.153. The topological polar surface area (TPSA) is 291 Å². The number of carbonyl (C=O) groups is 8. The van der Waals surface area contributed by atoms with Crippen molar-refractivity contribution < 1.29 is 90.2 Å². The Morgan fingerprint density at radius 2 is 1.06 bits per heavy atom. The number of esters is 2. The zero-order chi connectivity index (χ0) is 60.5. The lowest BCUT2D eigenvalue weighted by Gasteiger charge is -2.29. The van der Waals surface area contributed by atoms with Crippen molar-refractivity contribution in [3.05, 3.63) is 50.6 Å². The number of allylic oxidation sites excluding steroid dienone is 2. The van der Waals surface area contributed by atoms with Gasteiger partial charge in [0.25, 0.3) is 0 Å². The fraction of sp³-hybridized carbons (Fsp3) is 0.709. The van der Waals surface area contributed by atoms with Crippen LogP contribution in [0, 0.1) is 17.3 Å². The lowest BCUT2D eigenvalue weighted by Crippen LogP contribution is -2.52. The van der Waals surface area contributed by atoms with E-state index >= 15 is 0 Å². The summed E-state index contributed by atoms with van der Waals surface area (Å²) in [5.74, 6) is -11.2. The van der Waals surface area contributed by atoms with Crippen LogP contribution in [0.1, 0.15) is 139 Å². The number of Topliss-reactive ketones (excluding diaryl/α,β-unsaturated/α-hetero) is 1. The first-order chi connectivity index (χ1) is 36.5. The number of aliphatic carboxylic acids is 1. The Kier molecular flexibility index (Phi) is 28.1. The molecule has 4 fully saturated rings. The average molecular weight is 1170 g/mol. The molecule has 4 aliphatic rings. The molecule has 0 aromatic heterocycles.